The third-order valence-corrected chi connectivity index (χ3v) is 4.21. The minimum Gasteiger partial charge on any atom is -0.341 e. The molecule has 0 bridgehead atoms. The Bertz CT molecular complexity index is 748. The second kappa shape index (κ2) is 6.92. The Hall–Kier alpha value is -2.54. The van der Waals surface area contributed by atoms with E-state index in [2.05, 4.69) is 20.3 Å². The minimum atomic E-state index is -0.0207. The molecule has 0 aliphatic carbocycles. The van der Waals surface area contributed by atoms with Crippen molar-refractivity contribution in [2.45, 2.75) is 26.2 Å². The van der Waals surface area contributed by atoms with Crippen LogP contribution in [0, 0.1) is 13.8 Å². The van der Waals surface area contributed by atoms with Gasteiger partial charge in [-0.15, -0.1) is 0 Å². The Morgan fingerprint density at radius 3 is 3.00 bits per heavy atom. The number of pyridine rings is 1. The van der Waals surface area contributed by atoms with Crippen LogP contribution in [-0.2, 0) is 4.79 Å². The SMILES string of the molecule is Cc1cc(Nc2ncccc2C)nc([C@H]2CCN(C(=O)CN)C2)n1. The van der Waals surface area contributed by atoms with Gasteiger partial charge in [0.05, 0.1) is 6.54 Å². The molecule has 0 saturated carbocycles. The first kappa shape index (κ1) is 16.3. The van der Waals surface area contributed by atoms with Crippen LogP contribution in [0.15, 0.2) is 24.4 Å². The van der Waals surface area contributed by atoms with E-state index in [1.165, 1.54) is 0 Å². The number of aryl methyl sites for hydroxylation is 2. The van der Waals surface area contributed by atoms with Crippen LogP contribution in [0.5, 0.6) is 0 Å². The summed E-state index contributed by atoms with van der Waals surface area (Å²) in [6.07, 6.45) is 2.61. The minimum absolute atomic E-state index is 0.0207. The van der Waals surface area contributed by atoms with E-state index in [0.717, 1.165) is 35.1 Å². The van der Waals surface area contributed by atoms with Crippen LogP contribution in [0.2, 0.25) is 0 Å². The number of anilines is 2. The molecular weight excluding hydrogens is 304 g/mol. The highest BCUT2D eigenvalue weighted by Crippen LogP contribution is 2.26. The maximum absolute atomic E-state index is 11.7. The molecule has 1 atom stereocenters. The number of hydrogen-bond donors (Lipinski definition) is 2. The van der Waals surface area contributed by atoms with E-state index in [0.29, 0.717) is 13.1 Å². The summed E-state index contributed by atoms with van der Waals surface area (Å²) in [4.78, 5) is 27.1. The quantitative estimate of drug-likeness (QED) is 0.884. The number of carbonyl (C=O) groups is 1. The third kappa shape index (κ3) is 3.51. The van der Waals surface area contributed by atoms with E-state index in [-0.39, 0.29) is 18.4 Å². The van der Waals surface area contributed by atoms with Crippen LogP contribution in [-0.4, -0.2) is 45.4 Å². The molecule has 0 aromatic carbocycles. The first-order valence-corrected chi connectivity index (χ1v) is 8.09. The molecule has 0 radical (unpaired) electrons. The van der Waals surface area contributed by atoms with Gasteiger partial charge in [0.2, 0.25) is 5.91 Å². The fourth-order valence-corrected chi connectivity index (χ4v) is 2.90. The molecular formula is C17H22N6O. The molecule has 3 heterocycles. The standard InChI is InChI=1S/C17H22N6O/c1-11-4-3-6-19-16(11)21-14-8-12(2)20-17(22-14)13-5-7-23(10-13)15(24)9-18/h3-4,6,8,13H,5,7,9-10,18H2,1-2H3,(H,19,20,21,22)/t13-/m0/s1. The van der Waals surface area contributed by atoms with Crippen LogP contribution in [0.4, 0.5) is 11.6 Å². The summed E-state index contributed by atoms with van der Waals surface area (Å²) in [6.45, 7) is 5.33. The summed E-state index contributed by atoms with van der Waals surface area (Å²) < 4.78 is 0. The zero-order chi connectivity index (χ0) is 17.1. The van der Waals surface area contributed by atoms with Gasteiger partial charge in [0, 0.05) is 37.0 Å². The van der Waals surface area contributed by atoms with E-state index in [4.69, 9.17) is 5.73 Å². The lowest BCUT2D eigenvalue weighted by Crippen LogP contribution is -2.34. The zero-order valence-electron chi connectivity index (χ0n) is 14.0. The van der Waals surface area contributed by atoms with Gasteiger partial charge in [-0.3, -0.25) is 4.79 Å². The molecule has 7 heteroatoms. The lowest BCUT2D eigenvalue weighted by molar-refractivity contribution is -0.128. The molecule has 1 fully saturated rings. The Balaban J connectivity index is 1.80. The lowest BCUT2D eigenvalue weighted by Gasteiger charge is -2.15. The monoisotopic (exact) mass is 326 g/mol. The number of likely N-dealkylation sites (tertiary alicyclic amines) is 1. The van der Waals surface area contributed by atoms with Crippen molar-refractivity contribution in [2.75, 3.05) is 25.0 Å². The fraction of sp³-hybridized carbons (Fsp3) is 0.412. The number of nitrogens with zero attached hydrogens (tertiary/aromatic N) is 4. The molecule has 7 nitrogen and oxygen atoms in total. The van der Waals surface area contributed by atoms with E-state index in [1.807, 2.05) is 32.0 Å². The van der Waals surface area contributed by atoms with Gasteiger partial charge < -0.3 is 16.0 Å². The van der Waals surface area contributed by atoms with E-state index in [1.54, 1.807) is 11.1 Å². The van der Waals surface area contributed by atoms with Crippen molar-refractivity contribution < 1.29 is 4.79 Å². The predicted molar refractivity (Wildman–Crippen MR) is 92.0 cm³/mol. The van der Waals surface area contributed by atoms with Crippen molar-refractivity contribution in [1.29, 1.82) is 0 Å². The van der Waals surface area contributed by atoms with Crippen molar-refractivity contribution in [2.24, 2.45) is 5.73 Å². The molecule has 0 unspecified atom stereocenters. The number of carbonyl (C=O) groups excluding carboxylic acids is 1. The number of amides is 1. The largest absolute Gasteiger partial charge is 0.341 e. The van der Waals surface area contributed by atoms with Gasteiger partial charge in [-0.1, -0.05) is 6.07 Å². The first-order valence-electron chi connectivity index (χ1n) is 8.09. The van der Waals surface area contributed by atoms with Crippen molar-refractivity contribution >= 4 is 17.5 Å². The number of nitrogens with two attached hydrogens (primary N) is 1. The van der Waals surface area contributed by atoms with E-state index in [9.17, 15) is 4.79 Å². The Labute approximate surface area is 141 Å². The summed E-state index contributed by atoms with van der Waals surface area (Å²) in [7, 11) is 0. The molecule has 126 valence electrons. The van der Waals surface area contributed by atoms with Gasteiger partial charge in [-0.2, -0.15) is 0 Å². The predicted octanol–water partition coefficient (Wildman–Crippen LogP) is 1.51. The second-order valence-corrected chi connectivity index (χ2v) is 6.08. The Kier molecular flexibility index (Phi) is 4.71. The highest BCUT2D eigenvalue weighted by molar-refractivity contribution is 5.78. The van der Waals surface area contributed by atoms with Gasteiger partial charge in [-0.25, -0.2) is 15.0 Å². The molecule has 0 spiro atoms. The lowest BCUT2D eigenvalue weighted by atomic mass is 10.1. The van der Waals surface area contributed by atoms with E-state index >= 15 is 0 Å². The maximum Gasteiger partial charge on any atom is 0.236 e. The summed E-state index contributed by atoms with van der Waals surface area (Å²) in [5.74, 6) is 2.40. The van der Waals surface area contributed by atoms with Crippen molar-refractivity contribution in [1.82, 2.24) is 19.9 Å². The molecule has 1 saturated heterocycles. The van der Waals surface area contributed by atoms with Crippen LogP contribution in [0.25, 0.3) is 0 Å². The van der Waals surface area contributed by atoms with Crippen LogP contribution in [0.1, 0.15) is 29.4 Å². The van der Waals surface area contributed by atoms with Crippen molar-refractivity contribution in [3.05, 3.63) is 41.5 Å². The topological polar surface area (TPSA) is 97.0 Å². The number of hydrogen-bond acceptors (Lipinski definition) is 6. The summed E-state index contributed by atoms with van der Waals surface area (Å²) >= 11 is 0. The van der Waals surface area contributed by atoms with E-state index < -0.39 is 0 Å². The molecule has 1 aliphatic heterocycles. The normalized spacial score (nSPS) is 17.1. The highest BCUT2D eigenvalue weighted by atomic mass is 16.2. The molecule has 2 aromatic heterocycles. The molecule has 3 rings (SSSR count). The maximum atomic E-state index is 11.7. The molecule has 3 N–H and O–H groups in total. The van der Waals surface area contributed by atoms with Crippen molar-refractivity contribution in [3.8, 4) is 0 Å². The Morgan fingerprint density at radius 1 is 1.42 bits per heavy atom. The summed E-state index contributed by atoms with van der Waals surface area (Å²) in [5.41, 5.74) is 7.39. The molecule has 24 heavy (non-hydrogen) atoms. The van der Waals surface area contributed by atoms with Gasteiger partial charge >= 0.3 is 0 Å². The van der Waals surface area contributed by atoms with Gasteiger partial charge in [0.1, 0.15) is 17.5 Å². The van der Waals surface area contributed by atoms with Gasteiger partial charge in [0.25, 0.3) is 0 Å². The molecule has 1 aliphatic rings. The zero-order valence-corrected chi connectivity index (χ0v) is 14.0. The summed E-state index contributed by atoms with van der Waals surface area (Å²) in [6, 6.07) is 5.80. The summed E-state index contributed by atoms with van der Waals surface area (Å²) in [5, 5.41) is 3.26. The number of nitrogens with one attached hydrogen (secondary N) is 1. The third-order valence-electron chi connectivity index (χ3n) is 4.21. The fourth-order valence-electron chi connectivity index (χ4n) is 2.90. The first-order chi connectivity index (χ1) is 11.6. The molecule has 1 amide bonds. The smallest absolute Gasteiger partial charge is 0.236 e. The average Bonchev–Trinajstić information content (AvgIpc) is 3.06. The number of aromatic nitrogens is 3. The average molecular weight is 326 g/mol. The highest BCUT2D eigenvalue weighted by Gasteiger charge is 2.28. The van der Waals surface area contributed by atoms with Gasteiger partial charge in [0.15, 0.2) is 0 Å². The van der Waals surface area contributed by atoms with Crippen LogP contribution < -0.4 is 11.1 Å². The molecule has 2 aromatic rings. The second-order valence-electron chi connectivity index (χ2n) is 6.08. The van der Waals surface area contributed by atoms with Crippen LogP contribution in [0.3, 0.4) is 0 Å². The van der Waals surface area contributed by atoms with Crippen molar-refractivity contribution in [3.63, 3.8) is 0 Å². The van der Waals surface area contributed by atoms with Gasteiger partial charge in [-0.05, 0) is 31.9 Å². The number of rotatable bonds is 4. The van der Waals surface area contributed by atoms with Crippen LogP contribution >= 0.6 is 0 Å². The Morgan fingerprint density at radius 2 is 2.25 bits per heavy atom.